The summed E-state index contributed by atoms with van der Waals surface area (Å²) in [4.78, 5) is 23.8. The quantitative estimate of drug-likeness (QED) is 0.648. The lowest BCUT2D eigenvalue weighted by Gasteiger charge is -2.11. The van der Waals surface area contributed by atoms with E-state index in [1.165, 1.54) is 18.3 Å². The summed E-state index contributed by atoms with van der Waals surface area (Å²) in [6, 6.07) is 8.71. The minimum Gasteiger partial charge on any atom is -0.501 e. The van der Waals surface area contributed by atoms with Crippen LogP contribution in [0.1, 0.15) is 16.1 Å². The van der Waals surface area contributed by atoms with E-state index in [4.69, 9.17) is 0 Å². The number of hydrogen-bond donors (Lipinski definition) is 3. The normalized spacial score (nSPS) is 11.2. The highest BCUT2D eigenvalue weighted by Gasteiger charge is 2.30. The van der Waals surface area contributed by atoms with Crippen molar-refractivity contribution in [3.63, 3.8) is 0 Å². The van der Waals surface area contributed by atoms with Crippen molar-refractivity contribution < 1.29 is 28.2 Å². The number of anilines is 1. The van der Waals surface area contributed by atoms with Crippen LogP contribution in [0.15, 0.2) is 48.7 Å². The van der Waals surface area contributed by atoms with Gasteiger partial charge in [0, 0.05) is 11.9 Å². The molecule has 3 rings (SSSR count). The fourth-order valence-electron chi connectivity index (χ4n) is 2.17. The molecule has 2 aromatic heterocycles. The van der Waals surface area contributed by atoms with Crippen LogP contribution >= 0.6 is 0 Å². The largest absolute Gasteiger partial charge is 0.501 e. The van der Waals surface area contributed by atoms with Gasteiger partial charge >= 0.3 is 6.18 Å². The summed E-state index contributed by atoms with van der Waals surface area (Å²) in [5.41, 5.74) is -1.50. The van der Waals surface area contributed by atoms with E-state index in [0.29, 0.717) is 0 Å². The molecular formula is C17H11F3N4O3. The predicted molar refractivity (Wildman–Crippen MR) is 88.0 cm³/mol. The minimum atomic E-state index is -4.58. The molecule has 3 aromatic rings. The first kappa shape index (κ1) is 18.1. The second-order valence-corrected chi connectivity index (χ2v) is 5.32. The number of aromatic hydroxyl groups is 2. The monoisotopic (exact) mass is 376 g/mol. The average Bonchev–Trinajstić information content (AvgIpc) is 2.64. The van der Waals surface area contributed by atoms with E-state index in [2.05, 4.69) is 20.3 Å². The van der Waals surface area contributed by atoms with Crippen LogP contribution in [0.3, 0.4) is 0 Å². The number of nitrogens with zero attached hydrogens (tertiary/aromatic N) is 3. The van der Waals surface area contributed by atoms with Crippen LogP contribution in [0.25, 0.3) is 11.5 Å². The number of carbonyl (C=O) groups is 1. The molecule has 0 spiro atoms. The lowest BCUT2D eigenvalue weighted by molar-refractivity contribution is -0.137. The molecule has 0 fully saturated rings. The number of hydrogen-bond acceptors (Lipinski definition) is 6. The van der Waals surface area contributed by atoms with Gasteiger partial charge in [-0.2, -0.15) is 18.2 Å². The lowest BCUT2D eigenvalue weighted by atomic mass is 10.2. The number of benzene rings is 1. The summed E-state index contributed by atoms with van der Waals surface area (Å²) in [5, 5.41) is 21.8. The molecule has 0 saturated heterocycles. The van der Waals surface area contributed by atoms with Gasteiger partial charge in [-0.05, 0) is 30.3 Å². The van der Waals surface area contributed by atoms with Crippen LogP contribution in [-0.2, 0) is 6.18 Å². The third kappa shape index (κ3) is 3.94. The van der Waals surface area contributed by atoms with Crippen molar-refractivity contribution in [1.29, 1.82) is 0 Å². The van der Waals surface area contributed by atoms with E-state index in [1.807, 2.05) is 0 Å². The van der Waals surface area contributed by atoms with E-state index in [1.54, 1.807) is 12.1 Å². The zero-order chi connectivity index (χ0) is 19.6. The van der Waals surface area contributed by atoms with Crippen molar-refractivity contribution in [2.45, 2.75) is 6.18 Å². The molecule has 0 unspecified atom stereocenters. The highest BCUT2D eigenvalue weighted by molar-refractivity contribution is 6.05. The first-order valence-electron chi connectivity index (χ1n) is 7.45. The topological polar surface area (TPSA) is 108 Å². The Morgan fingerprint density at radius 3 is 2.48 bits per heavy atom. The molecule has 27 heavy (non-hydrogen) atoms. The van der Waals surface area contributed by atoms with Crippen LogP contribution in [0.5, 0.6) is 11.6 Å². The summed E-state index contributed by atoms with van der Waals surface area (Å²) in [6.07, 6.45) is -3.15. The fraction of sp³-hybridized carbons (Fsp3) is 0.0588. The molecule has 7 nitrogen and oxygen atoms in total. The van der Waals surface area contributed by atoms with Crippen molar-refractivity contribution in [2.24, 2.45) is 0 Å². The van der Waals surface area contributed by atoms with Gasteiger partial charge in [-0.25, -0.2) is 4.98 Å². The number of nitrogens with one attached hydrogen (secondary N) is 1. The van der Waals surface area contributed by atoms with E-state index in [9.17, 15) is 28.2 Å². The SMILES string of the molecule is O=C(Nc1cccc(C(F)(F)F)c1)c1nc(-c2ccccn2)nc(O)c1O. The van der Waals surface area contributed by atoms with E-state index in [0.717, 1.165) is 18.2 Å². The zero-order valence-electron chi connectivity index (χ0n) is 13.4. The number of aromatic nitrogens is 3. The van der Waals surface area contributed by atoms with Gasteiger partial charge in [0.2, 0.25) is 5.75 Å². The molecule has 0 radical (unpaired) electrons. The fourth-order valence-corrected chi connectivity index (χ4v) is 2.17. The van der Waals surface area contributed by atoms with Gasteiger partial charge in [-0.3, -0.25) is 9.78 Å². The van der Waals surface area contributed by atoms with Crippen LogP contribution in [0, 0.1) is 0 Å². The van der Waals surface area contributed by atoms with Gasteiger partial charge < -0.3 is 15.5 Å². The summed E-state index contributed by atoms with van der Waals surface area (Å²) in [5.74, 6) is -2.93. The Bertz CT molecular complexity index is 994. The summed E-state index contributed by atoms with van der Waals surface area (Å²) in [6.45, 7) is 0. The van der Waals surface area contributed by atoms with Crippen molar-refractivity contribution in [3.8, 4) is 23.1 Å². The second-order valence-electron chi connectivity index (χ2n) is 5.32. The molecule has 1 amide bonds. The van der Waals surface area contributed by atoms with Crippen LogP contribution in [0.2, 0.25) is 0 Å². The van der Waals surface area contributed by atoms with Gasteiger partial charge in [-0.1, -0.05) is 12.1 Å². The predicted octanol–water partition coefficient (Wildman–Crippen LogP) is 3.22. The molecule has 0 bridgehead atoms. The third-order valence-corrected chi connectivity index (χ3v) is 3.42. The Labute approximate surface area is 150 Å². The number of halogens is 3. The summed E-state index contributed by atoms with van der Waals surface area (Å²) < 4.78 is 38.3. The maximum Gasteiger partial charge on any atom is 0.416 e. The maximum absolute atomic E-state index is 12.8. The first-order chi connectivity index (χ1) is 12.8. The van der Waals surface area contributed by atoms with Gasteiger partial charge in [0.25, 0.3) is 11.8 Å². The highest BCUT2D eigenvalue weighted by Crippen LogP contribution is 2.32. The second kappa shape index (κ2) is 6.90. The Morgan fingerprint density at radius 2 is 1.81 bits per heavy atom. The van der Waals surface area contributed by atoms with Crippen molar-refractivity contribution in [2.75, 3.05) is 5.32 Å². The highest BCUT2D eigenvalue weighted by atomic mass is 19.4. The molecule has 2 heterocycles. The van der Waals surface area contributed by atoms with Crippen molar-refractivity contribution in [3.05, 3.63) is 59.9 Å². The summed E-state index contributed by atoms with van der Waals surface area (Å²) >= 11 is 0. The number of carbonyl (C=O) groups excluding carboxylic acids is 1. The Morgan fingerprint density at radius 1 is 1.04 bits per heavy atom. The number of alkyl halides is 3. The first-order valence-corrected chi connectivity index (χ1v) is 7.45. The lowest BCUT2D eigenvalue weighted by Crippen LogP contribution is -2.16. The van der Waals surface area contributed by atoms with E-state index < -0.39 is 35.0 Å². The van der Waals surface area contributed by atoms with E-state index in [-0.39, 0.29) is 17.2 Å². The molecule has 0 aliphatic heterocycles. The number of rotatable bonds is 3. The number of pyridine rings is 1. The molecular weight excluding hydrogens is 365 g/mol. The minimum absolute atomic E-state index is 0.139. The van der Waals surface area contributed by atoms with Crippen LogP contribution in [0.4, 0.5) is 18.9 Å². The molecule has 10 heteroatoms. The smallest absolute Gasteiger partial charge is 0.416 e. The molecule has 1 aromatic carbocycles. The Kier molecular flexibility index (Phi) is 4.63. The summed E-state index contributed by atoms with van der Waals surface area (Å²) in [7, 11) is 0. The molecule has 3 N–H and O–H groups in total. The molecule has 0 atom stereocenters. The van der Waals surface area contributed by atoms with Gasteiger partial charge in [-0.15, -0.1) is 0 Å². The average molecular weight is 376 g/mol. The van der Waals surface area contributed by atoms with Crippen molar-refractivity contribution >= 4 is 11.6 Å². The van der Waals surface area contributed by atoms with Crippen LogP contribution in [-0.4, -0.2) is 31.1 Å². The van der Waals surface area contributed by atoms with Gasteiger partial charge in [0.1, 0.15) is 5.69 Å². The van der Waals surface area contributed by atoms with Gasteiger partial charge in [0.05, 0.1) is 5.56 Å². The van der Waals surface area contributed by atoms with Gasteiger partial charge in [0.15, 0.2) is 11.5 Å². The van der Waals surface area contributed by atoms with E-state index >= 15 is 0 Å². The molecule has 0 aliphatic rings. The van der Waals surface area contributed by atoms with Crippen LogP contribution < -0.4 is 5.32 Å². The maximum atomic E-state index is 12.8. The third-order valence-electron chi connectivity index (χ3n) is 3.42. The number of amides is 1. The molecule has 0 aliphatic carbocycles. The molecule has 0 saturated carbocycles. The standard InChI is InChI=1S/C17H11F3N4O3/c18-17(19,20)9-4-3-5-10(8-9)22-15(26)12-13(25)16(27)24-14(23-12)11-6-1-2-7-21-11/h1-8,25H,(H,22,26)(H,23,24,27). The van der Waals surface area contributed by atoms with Crippen molar-refractivity contribution in [1.82, 2.24) is 15.0 Å². The Balaban J connectivity index is 1.94. The Hall–Kier alpha value is -3.69. The molecule has 138 valence electrons. The zero-order valence-corrected chi connectivity index (χ0v) is 13.4.